The zero-order chi connectivity index (χ0) is 15.1. The van der Waals surface area contributed by atoms with Crippen molar-refractivity contribution in [2.75, 3.05) is 6.61 Å². The van der Waals surface area contributed by atoms with Gasteiger partial charge in [-0.1, -0.05) is 46.4 Å². The number of ether oxygens (including phenoxy) is 2. The lowest BCUT2D eigenvalue weighted by Crippen LogP contribution is -2.47. The summed E-state index contributed by atoms with van der Waals surface area (Å²) in [6, 6.07) is 0. The van der Waals surface area contributed by atoms with Gasteiger partial charge in [0.05, 0.1) is 21.9 Å². The van der Waals surface area contributed by atoms with Gasteiger partial charge in [-0.15, -0.1) is 23.2 Å². The van der Waals surface area contributed by atoms with Gasteiger partial charge < -0.3 is 9.47 Å². The fraction of sp³-hybridized carbons (Fsp3) is 0.727. The van der Waals surface area contributed by atoms with E-state index in [9.17, 15) is 4.79 Å². The van der Waals surface area contributed by atoms with Crippen LogP contribution in [0.2, 0.25) is 0 Å². The van der Waals surface area contributed by atoms with Crippen LogP contribution in [0, 0.1) is 11.8 Å². The molecule has 2 aliphatic carbocycles. The van der Waals surface area contributed by atoms with E-state index in [-0.39, 0.29) is 10.1 Å². The highest BCUT2D eigenvalue weighted by Gasteiger charge is 2.87. The molecule has 0 spiro atoms. The normalized spacial score (nSPS) is 48.8. The zero-order valence-corrected chi connectivity index (χ0v) is 14.5. The summed E-state index contributed by atoms with van der Waals surface area (Å²) in [6.45, 7) is 2.07. The Morgan fingerprint density at radius 3 is 2.25 bits per heavy atom. The quantitative estimate of drug-likeness (QED) is 0.519. The van der Waals surface area contributed by atoms with Gasteiger partial charge in [0.1, 0.15) is 9.75 Å². The Bertz CT molecular complexity index is 534. The first kappa shape index (κ1) is 15.8. The summed E-state index contributed by atoms with van der Waals surface area (Å²) in [5.41, 5.74) is 0. The van der Waals surface area contributed by atoms with Crippen LogP contribution in [-0.2, 0) is 14.3 Å². The van der Waals surface area contributed by atoms with Gasteiger partial charge >= 0.3 is 5.97 Å². The van der Waals surface area contributed by atoms with Crippen LogP contribution in [0.5, 0.6) is 0 Å². The van der Waals surface area contributed by atoms with Gasteiger partial charge in [0.25, 0.3) is 0 Å². The first-order valence-electron chi connectivity index (χ1n) is 5.79. The number of esters is 1. The summed E-state index contributed by atoms with van der Waals surface area (Å²) >= 11 is 38.2. The molecule has 1 saturated carbocycles. The number of allylic oxidation sites excluding steroid dienone is 2. The Kier molecular flexibility index (Phi) is 3.53. The van der Waals surface area contributed by atoms with Crippen LogP contribution in [-0.4, -0.2) is 32.9 Å². The van der Waals surface area contributed by atoms with E-state index in [1.807, 2.05) is 0 Å². The Balaban J connectivity index is 2.22. The summed E-state index contributed by atoms with van der Waals surface area (Å²) in [5, 5.41) is 0.0151. The summed E-state index contributed by atoms with van der Waals surface area (Å²) in [7, 11) is 0. The predicted octanol–water partition coefficient (Wildman–Crippen LogP) is 3.98. The van der Waals surface area contributed by atoms with Crippen LogP contribution in [0.1, 0.15) is 6.92 Å². The fourth-order valence-corrected chi connectivity index (χ4v) is 6.21. The van der Waals surface area contributed by atoms with E-state index in [0.29, 0.717) is 6.61 Å². The molecule has 3 rings (SSSR count). The van der Waals surface area contributed by atoms with Crippen LogP contribution in [0.4, 0.5) is 0 Å². The van der Waals surface area contributed by atoms with Crippen molar-refractivity contribution < 1.29 is 14.3 Å². The minimum atomic E-state index is -1.75. The molecule has 0 aromatic rings. The lowest BCUT2D eigenvalue weighted by atomic mass is 9.83. The van der Waals surface area contributed by atoms with Crippen molar-refractivity contribution in [2.45, 2.75) is 27.3 Å². The number of alkyl halides is 4. The zero-order valence-electron chi connectivity index (χ0n) is 9.93. The first-order valence-corrected chi connectivity index (χ1v) is 8.06. The van der Waals surface area contributed by atoms with Crippen molar-refractivity contribution in [3.05, 3.63) is 10.1 Å². The summed E-state index contributed by atoms with van der Waals surface area (Å²) in [4.78, 5) is 8.98. The largest absolute Gasteiger partial charge is 0.435 e. The molecule has 1 saturated heterocycles. The highest BCUT2D eigenvalue weighted by Crippen LogP contribution is 2.78. The van der Waals surface area contributed by atoms with Crippen molar-refractivity contribution >= 4 is 75.6 Å². The number of rotatable bonds is 2. The molecule has 112 valence electrons. The highest BCUT2D eigenvalue weighted by molar-refractivity contribution is 6.66. The third-order valence-corrected chi connectivity index (χ3v) is 8.38. The van der Waals surface area contributed by atoms with E-state index in [1.165, 1.54) is 0 Å². The lowest BCUT2D eigenvalue weighted by molar-refractivity contribution is -0.168. The van der Waals surface area contributed by atoms with Crippen LogP contribution in [0.15, 0.2) is 10.1 Å². The van der Waals surface area contributed by atoms with Crippen molar-refractivity contribution in [3.8, 4) is 0 Å². The SMILES string of the molecule is CCOC1OC(=O)[C@@H]2[C@H]1[C@]1(Cl)C(Cl)=C(Cl)[C@@]2(Cl)C1(Cl)Cl. The minimum Gasteiger partial charge on any atom is -0.435 e. The molecule has 2 fully saturated rings. The molecule has 0 N–H and O–H groups in total. The topological polar surface area (TPSA) is 35.5 Å². The van der Waals surface area contributed by atoms with Gasteiger partial charge in [-0.2, -0.15) is 0 Å². The third-order valence-electron chi connectivity index (χ3n) is 4.10. The Labute approximate surface area is 145 Å². The molecular formula is C11H8Cl6O3. The third kappa shape index (κ3) is 1.40. The van der Waals surface area contributed by atoms with Crippen molar-refractivity contribution in [2.24, 2.45) is 11.8 Å². The number of hydrogen-bond acceptors (Lipinski definition) is 3. The molecule has 3 nitrogen and oxygen atoms in total. The van der Waals surface area contributed by atoms with Gasteiger partial charge in [-0.25, -0.2) is 0 Å². The van der Waals surface area contributed by atoms with Gasteiger partial charge in [-0.05, 0) is 6.92 Å². The number of cyclic esters (lactones) is 1. The Morgan fingerprint density at radius 1 is 1.15 bits per heavy atom. The number of halogens is 6. The molecule has 0 aromatic carbocycles. The molecule has 2 bridgehead atoms. The summed E-state index contributed by atoms with van der Waals surface area (Å²) in [6.07, 6.45) is -0.911. The van der Waals surface area contributed by atoms with E-state index < -0.39 is 38.2 Å². The predicted molar refractivity (Wildman–Crippen MR) is 78.8 cm³/mol. The van der Waals surface area contributed by atoms with Gasteiger partial charge in [0, 0.05) is 6.61 Å². The molecular weight excluding hydrogens is 393 g/mol. The van der Waals surface area contributed by atoms with Crippen LogP contribution < -0.4 is 0 Å². The maximum Gasteiger partial charge on any atom is 0.314 e. The number of carbonyl (C=O) groups excluding carboxylic acids is 1. The molecule has 3 aliphatic rings. The van der Waals surface area contributed by atoms with Crippen molar-refractivity contribution in [1.82, 2.24) is 0 Å². The van der Waals surface area contributed by atoms with E-state index >= 15 is 0 Å². The Morgan fingerprint density at radius 2 is 1.70 bits per heavy atom. The van der Waals surface area contributed by atoms with E-state index in [1.54, 1.807) is 6.92 Å². The van der Waals surface area contributed by atoms with E-state index in [4.69, 9.17) is 79.1 Å². The highest BCUT2D eigenvalue weighted by atomic mass is 35.5. The van der Waals surface area contributed by atoms with Crippen LogP contribution >= 0.6 is 69.6 Å². The molecule has 9 heteroatoms. The molecule has 0 amide bonds. The molecule has 5 atom stereocenters. The molecule has 0 radical (unpaired) electrons. The van der Waals surface area contributed by atoms with E-state index in [2.05, 4.69) is 0 Å². The second kappa shape index (κ2) is 4.47. The average molecular weight is 401 g/mol. The second-order valence-electron chi connectivity index (χ2n) is 4.89. The Hall–Kier alpha value is 0.910. The maximum absolute atomic E-state index is 12.1. The van der Waals surface area contributed by atoms with Gasteiger partial charge in [0.15, 0.2) is 4.33 Å². The first-order chi connectivity index (χ1) is 9.15. The minimum absolute atomic E-state index is 0.0174. The van der Waals surface area contributed by atoms with Gasteiger partial charge in [0.2, 0.25) is 6.29 Å². The molecule has 0 aromatic heterocycles. The molecule has 1 aliphatic heterocycles. The number of hydrogen-bond donors (Lipinski definition) is 0. The monoisotopic (exact) mass is 398 g/mol. The number of carbonyl (C=O) groups is 1. The lowest BCUT2D eigenvalue weighted by Gasteiger charge is -2.35. The number of fused-ring (bicyclic) bond motifs is 5. The average Bonchev–Trinajstić information content (AvgIpc) is 2.80. The van der Waals surface area contributed by atoms with Gasteiger partial charge in [-0.3, -0.25) is 4.79 Å². The van der Waals surface area contributed by atoms with Crippen LogP contribution in [0.3, 0.4) is 0 Å². The fourth-order valence-electron chi connectivity index (χ4n) is 3.24. The summed E-state index contributed by atoms with van der Waals surface area (Å²) < 4.78 is 8.83. The van der Waals surface area contributed by atoms with Crippen molar-refractivity contribution in [3.63, 3.8) is 0 Å². The van der Waals surface area contributed by atoms with Crippen LogP contribution in [0.25, 0.3) is 0 Å². The molecule has 20 heavy (non-hydrogen) atoms. The van der Waals surface area contributed by atoms with Crippen molar-refractivity contribution in [1.29, 1.82) is 0 Å². The second-order valence-corrected chi connectivity index (χ2v) is 8.17. The maximum atomic E-state index is 12.1. The smallest absolute Gasteiger partial charge is 0.314 e. The standard InChI is InChI=1S/C11H8Cl6O3/c1-2-19-8-4-3(7(18)20-8)9(14)5(12)6(13)10(4,15)11(9,16)17/h3-4,8H,2H2,1H3/t3-,4+,8?,9+,10-/m0/s1. The molecule has 1 unspecified atom stereocenters. The molecule has 1 heterocycles. The van der Waals surface area contributed by atoms with E-state index in [0.717, 1.165) is 0 Å². The summed E-state index contributed by atoms with van der Waals surface area (Å²) in [5.74, 6) is -2.22.